The molecule has 1 atom stereocenters. The molecule has 0 aromatic carbocycles. The van der Waals surface area contributed by atoms with Crippen LogP contribution in [0.4, 0.5) is 0 Å². The van der Waals surface area contributed by atoms with Gasteiger partial charge in [0.05, 0.1) is 12.9 Å². The zero-order valence-electron chi connectivity index (χ0n) is 12.9. The molecule has 124 valence electrons. The Morgan fingerprint density at radius 1 is 1.59 bits per heavy atom. The van der Waals surface area contributed by atoms with Crippen LogP contribution in [0.3, 0.4) is 0 Å². The first-order chi connectivity index (χ1) is 10.4. The molecule has 2 rings (SSSR count). The number of carbonyl (C=O) groups is 1. The van der Waals surface area contributed by atoms with Crippen molar-refractivity contribution in [3.8, 4) is 0 Å². The molecule has 1 fully saturated rings. The predicted molar refractivity (Wildman–Crippen MR) is 81.7 cm³/mol. The average Bonchev–Trinajstić information content (AvgIpc) is 3.13. The molecule has 2 N–H and O–H groups in total. The summed E-state index contributed by atoms with van der Waals surface area (Å²) in [5, 5.41) is 3.15. The van der Waals surface area contributed by atoms with Gasteiger partial charge < -0.3 is 14.8 Å². The number of nitrogens with zero attached hydrogens (tertiary/aromatic N) is 3. The second-order valence-electron chi connectivity index (χ2n) is 5.44. The van der Waals surface area contributed by atoms with E-state index in [1.54, 1.807) is 16.5 Å². The first kappa shape index (κ1) is 16.9. The molecular formula is C13H23N5O3S. The van der Waals surface area contributed by atoms with Crippen LogP contribution in [0.25, 0.3) is 0 Å². The summed E-state index contributed by atoms with van der Waals surface area (Å²) in [6, 6.07) is 0.145. The van der Waals surface area contributed by atoms with Crippen LogP contribution in [0.5, 0.6) is 0 Å². The summed E-state index contributed by atoms with van der Waals surface area (Å²) in [6.07, 6.45) is 4.55. The van der Waals surface area contributed by atoms with Gasteiger partial charge in [-0.2, -0.15) is 0 Å². The van der Waals surface area contributed by atoms with E-state index in [4.69, 9.17) is 0 Å². The molecule has 1 aliphatic rings. The second-order valence-corrected chi connectivity index (χ2v) is 7.15. The van der Waals surface area contributed by atoms with Gasteiger partial charge in [0.2, 0.25) is 5.91 Å². The SMILES string of the molecule is CCCN(C(=O)CNS(=O)(=O)c1cn(C)cn1)C1CCNC1. The van der Waals surface area contributed by atoms with E-state index < -0.39 is 10.0 Å². The quantitative estimate of drug-likeness (QED) is 0.689. The zero-order valence-corrected chi connectivity index (χ0v) is 13.8. The highest BCUT2D eigenvalue weighted by Gasteiger charge is 2.27. The zero-order chi connectivity index (χ0) is 16.2. The van der Waals surface area contributed by atoms with Crippen LogP contribution in [0.1, 0.15) is 19.8 Å². The second kappa shape index (κ2) is 7.21. The number of aryl methyl sites for hydroxylation is 1. The number of rotatable bonds is 7. The van der Waals surface area contributed by atoms with Gasteiger partial charge in [-0.15, -0.1) is 0 Å². The van der Waals surface area contributed by atoms with Crippen molar-refractivity contribution in [2.45, 2.75) is 30.8 Å². The Bertz CT molecular complexity index is 607. The van der Waals surface area contributed by atoms with Crippen LogP contribution in [0.15, 0.2) is 17.6 Å². The monoisotopic (exact) mass is 329 g/mol. The van der Waals surface area contributed by atoms with E-state index in [0.29, 0.717) is 6.54 Å². The number of sulfonamides is 1. The summed E-state index contributed by atoms with van der Waals surface area (Å²) in [6.45, 7) is 4.04. The third kappa shape index (κ3) is 4.05. The van der Waals surface area contributed by atoms with Crippen LogP contribution in [-0.4, -0.2) is 61.0 Å². The fourth-order valence-electron chi connectivity index (χ4n) is 2.52. The number of nitrogens with one attached hydrogen (secondary N) is 2. The Morgan fingerprint density at radius 2 is 2.36 bits per heavy atom. The van der Waals surface area contributed by atoms with Gasteiger partial charge in [-0.05, 0) is 19.4 Å². The summed E-state index contributed by atoms with van der Waals surface area (Å²) in [7, 11) is -2.06. The molecule has 1 amide bonds. The Morgan fingerprint density at radius 3 is 2.91 bits per heavy atom. The van der Waals surface area contributed by atoms with E-state index in [-0.39, 0.29) is 23.5 Å². The summed E-state index contributed by atoms with van der Waals surface area (Å²) < 4.78 is 28.0. The van der Waals surface area contributed by atoms with Crippen LogP contribution >= 0.6 is 0 Å². The van der Waals surface area contributed by atoms with Crippen LogP contribution in [0.2, 0.25) is 0 Å². The number of carbonyl (C=O) groups excluding carboxylic acids is 1. The maximum atomic E-state index is 12.3. The number of hydrogen-bond acceptors (Lipinski definition) is 5. The molecule has 1 aromatic rings. The number of amides is 1. The smallest absolute Gasteiger partial charge is 0.260 e. The molecule has 0 saturated carbocycles. The normalized spacial score (nSPS) is 18.5. The van der Waals surface area contributed by atoms with Crippen molar-refractivity contribution in [3.63, 3.8) is 0 Å². The molecule has 2 heterocycles. The molecule has 0 spiro atoms. The highest BCUT2D eigenvalue weighted by atomic mass is 32.2. The lowest BCUT2D eigenvalue weighted by Gasteiger charge is -2.28. The molecule has 1 aromatic heterocycles. The van der Waals surface area contributed by atoms with Crippen molar-refractivity contribution in [1.29, 1.82) is 0 Å². The molecular weight excluding hydrogens is 306 g/mol. The average molecular weight is 329 g/mol. The van der Waals surface area contributed by atoms with Gasteiger partial charge >= 0.3 is 0 Å². The summed E-state index contributed by atoms with van der Waals surface area (Å²) in [4.78, 5) is 17.9. The van der Waals surface area contributed by atoms with Crippen molar-refractivity contribution < 1.29 is 13.2 Å². The third-order valence-electron chi connectivity index (χ3n) is 3.63. The Balaban J connectivity index is 1.97. The predicted octanol–water partition coefficient (Wildman–Crippen LogP) is -0.701. The van der Waals surface area contributed by atoms with Crippen molar-refractivity contribution in [2.24, 2.45) is 7.05 Å². The number of aromatic nitrogens is 2. The fraction of sp³-hybridized carbons (Fsp3) is 0.692. The minimum absolute atomic E-state index is 0.0765. The molecule has 1 aliphatic heterocycles. The summed E-state index contributed by atoms with van der Waals surface area (Å²) >= 11 is 0. The molecule has 1 unspecified atom stereocenters. The van der Waals surface area contributed by atoms with Gasteiger partial charge in [0.25, 0.3) is 10.0 Å². The van der Waals surface area contributed by atoms with Gasteiger partial charge in [-0.1, -0.05) is 6.92 Å². The van der Waals surface area contributed by atoms with Crippen molar-refractivity contribution >= 4 is 15.9 Å². The summed E-state index contributed by atoms with van der Waals surface area (Å²) in [5.74, 6) is -0.199. The van der Waals surface area contributed by atoms with Crippen LogP contribution in [-0.2, 0) is 21.9 Å². The standard InChI is InChI=1S/C13H23N5O3S/c1-3-6-18(11-4-5-14-7-11)13(19)8-16-22(20,21)12-9-17(2)10-15-12/h9-11,14,16H,3-8H2,1-2H3. The van der Waals surface area contributed by atoms with E-state index in [9.17, 15) is 13.2 Å². The Hall–Kier alpha value is -1.45. The maximum Gasteiger partial charge on any atom is 0.260 e. The fourth-order valence-corrected chi connectivity index (χ4v) is 3.47. The molecule has 0 aliphatic carbocycles. The van der Waals surface area contributed by atoms with Gasteiger partial charge in [0, 0.05) is 32.4 Å². The van der Waals surface area contributed by atoms with Crippen molar-refractivity contribution in [3.05, 3.63) is 12.5 Å². The minimum Gasteiger partial charge on any atom is -0.339 e. The van der Waals surface area contributed by atoms with Crippen molar-refractivity contribution in [2.75, 3.05) is 26.2 Å². The molecule has 1 saturated heterocycles. The highest BCUT2D eigenvalue weighted by Crippen LogP contribution is 2.10. The minimum atomic E-state index is -3.75. The largest absolute Gasteiger partial charge is 0.339 e. The Kier molecular flexibility index (Phi) is 5.54. The first-order valence-corrected chi connectivity index (χ1v) is 8.90. The Labute approximate surface area is 130 Å². The van der Waals surface area contributed by atoms with Crippen LogP contribution < -0.4 is 10.0 Å². The molecule has 0 radical (unpaired) electrons. The van der Waals surface area contributed by atoms with Gasteiger partial charge in [-0.3, -0.25) is 4.79 Å². The lowest BCUT2D eigenvalue weighted by atomic mass is 10.2. The first-order valence-electron chi connectivity index (χ1n) is 7.42. The molecule has 8 nitrogen and oxygen atoms in total. The van der Waals surface area contributed by atoms with Crippen molar-refractivity contribution in [1.82, 2.24) is 24.5 Å². The van der Waals surface area contributed by atoms with Gasteiger partial charge in [-0.25, -0.2) is 18.1 Å². The van der Waals surface area contributed by atoms with Crippen LogP contribution in [0, 0.1) is 0 Å². The third-order valence-corrected chi connectivity index (χ3v) is 4.92. The van der Waals surface area contributed by atoms with E-state index in [2.05, 4.69) is 15.0 Å². The van der Waals surface area contributed by atoms with E-state index in [0.717, 1.165) is 25.9 Å². The molecule has 0 bridgehead atoms. The van der Waals surface area contributed by atoms with Gasteiger partial charge in [0.1, 0.15) is 0 Å². The summed E-state index contributed by atoms with van der Waals surface area (Å²) in [5.41, 5.74) is 0. The number of hydrogen-bond donors (Lipinski definition) is 2. The lowest BCUT2D eigenvalue weighted by molar-refractivity contribution is -0.131. The van der Waals surface area contributed by atoms with E-state index in [1.807, 2.05) is 6.92 Å². The topological polar surface area (TPSA) is 96.3 Å². The van der Waals surface area contributed by atoms with E-state index >= 15 is 0 Å². The lowest BCUT2D eigenvalue weighted by Crippen LogP contribution is -2.46. The number of imidazole rings is 1. The highest BCUT2D eigenvalue weighted by molar-refractivity contribution is 7.89. The van der Waals surface area contributed by atoms with Gasteiger partial charge in [0.15, 0.2) is 5.03 Å². The molecule has 9 heteroatoms. The van der Waals surface area contributed by atoms with E-state index in [1.165, 1.54) is 12.5 Å². The maximum absolute atomic E-state index is 12.3. The molecule has 22 heavy (non-hydrogen) atoms.